The van der Waals surface area contributed by atoms with Crippen molar-refractivity contribution in [1.82, 2.24) is 5.32 Å². The van der Waals surface area contributed by atoms with Crippen molar-refractivity contribution in [1.29, 1.82) is 0 Å². The third-order valence-corrected chi connectivity index (χ3v) is 6.24. The molecule has 0 radical (unpaired) electrons. The van der Waals surface area contributed by atoms with E-state index in [9.17, 15) is 13.2 Å². The Morgan fingerprint density at radius 3 is 2.73 bits per heavy atom. The molecule has 1 heterocycles. The van der Waals surface area contributed by atoms with Crippen molar-refractivity contribution in [3.63, 3.8) is 0 Å². The molecule has 1 aromatic rings. The minimum absolute atomic E-state index is 0.0196. The molecule has 1 fully saturated rings. The van der Waals surface area contributed by atoms with Crippen LogP contribution in [0.1, 0.15) is 31.9 Å². The van der Waals surface area contributed by atoms with E-state index in [1.165, 1.54) is 0 Å². The molecule has 0 spiro atoms. The van der Waals surface area contributed by atoms with Gasteiger partial charge in [0.2, 0.25) is 0 Å². The second-order valence-corrected chi connectivity index (χ2v) is 8.79. The highest BCUT2D eigenvalue weighted by Crippen LogP contribution is 2.22. The van der Waals surface area contributed by atoms with Gasteiger partial charge in [0.15, 0.2) is 16.4 Å². The fourth-order valence-corrected chi connectivity index (χ4v) is 5.15. The molecule has 22 heavy (non-hydrogen) atoms. The van der Waals surface area contributed by atoms with E-state index in [2.05, 4.69) is 5.32 Å². The maximum atomic E-state index is 12.1. The monoisotopic (exact) mass is 345 g/mol. The van der Waals surface area contributed by atoms with Gasteiger partial charge in [0.1, 0.15) is 6.04 Å². The molecule has 122 valence electrons. The number of rotatable bonds is 5. The van der Waals surface area contributed by atoms with Gasteiger partial charge in [-0.1, -0.05) is 29.8 Å². The summed E-state index contributed by atoms with van der Waals surface area (Å²) in [5.41, 5.74) is 0.337. The Morgan fingerprint density at radius 1 is 1.45 bits per heavy atom. The second-order valence-electron chi connectivity index (χ2n) is 6.20. The van der Waals surface area contributed by atoms with Gasteiger partial charge in [0.25, 0.3) is 5.91 Å². The summed E-state index contributed by atoms with van der Waals surface area (Å²) in [5, 5.41) is 5.42. The van der Waals surface area contributed by atoms with Crippen molar-refractivity contribution in [3.8, 4) is 0 Å². The molecule has 5 nitrogen and oxygen atoms in total. The van der Waals surface area contributed by atoms with Crippen LogP contribution in [0.2, 0.25) is 5.02 Å². The Hall–Kier alpha value is -1.11. The summed E-state index contributed by atoms with van der Waals surface area (Å²) in [6.45, 7) is 4.01. The second kappa shape index (κ2) is 6.56. The van der Waals surface area contributed by atoms with Crippen molar-refractivity contribution < 1.29 is 18.5 Å². The number of carbonyl (C=O) groups excluding carboxylic acids is 1. The topological polar surface area (TPSA) is 79.8 Å². The Bertz CT molecular complexity index is 663. The molecule has 0 bridgehead atoms. The maximum Gasteiger partial charge on any atom is 0.275 e. The summed E-state index contributed by atoms with van der Waals surface area (Å²) in [6, 6.07) is 7.60. The number of sulfone groups is 1. The molecule has 1 aliphatic rings. The van der Waals surface area contributed by atoms with E-state index in [1.54, 1.807) is 6.92 Å². The van der Waals surface area contributed by atoms with Crippen LogP contribution in [0.15, 0.2) is 24.3 Å². The molecule has 0 saturated carbocycles. The van der Waals surface area contributed by atoms with E-state index in [0.717, 1.165) is 5.56 Å². The van der Waals surface area contributed by atoms with Gasteiger partial charge in [-0.15, -0.1) is 0 Å². The number of hydrogen-bond donors (Lipinski definition) is 2. The van der Waals surface area contributed by atoms with Crippen LogP contribution in [0.25, 0.3) is 0 Å². The number of carbonyl (C=O) groups is 1. The predicted molar refractivity (Wildman–Crippen MR) is 86.5 cm³/mol. The van der Waals surface area contributed by atoms with Gasteiger partial charge in [0.05, 0.1) is 17.0 Å². The highest BCUT2D eigenvalue weighted by molar-refractivity contribution is 7.91. The van der Waals surface area contributed by atoms with Crippen LogP contribution < -0.4 is 10.6 Å². The van der Waals surface area contributed by atoms with Crippen molar-refractivity contribution in [2.75, 3.05) is 18.1 Å². The summed E-state index contributed by atoms with van der Waals surface area (Å²) < 4.78 is 23.1. The smallest absolute Gasteiger partial charge is 0.275 e. The Morgan fingerprint density at radius 2 is 2.14 bits per heavy atom. The number of quaternary nitrogens is 1. The third-order valence-electron chi connectivity index (χ3n) is 4.00. The summed E-state index contributed by atoms with van der Waals surface area (Å²) in [6.07, 6.45) is 0.473. The molecule has 1 saturated heterocycles. The summed E-state index contributed by atoms with van der Waals surface area (Å²) in [4.78, 5) is 12.1. The fraction of sp³-hybridized carbons (Fsp3) is 0.533. The van der Waals surface area contributed by atoms with E-state index in [-0.39, 0.29) is 30.0 Å². The highest BCUT2D eigenvalue weighted by atomic mass is 35.5. The lowest BCUT2D eigenvalue weighted by Crippen LogP contribution is -2.87. The van der Waals surface area contributed by atoms with Crippen LogP contribution in [-0.4, -0.2) is 37.9 Å². The number of benzene rings is 1. The summed E-state index contributed by atoms with van der Waals surface area (Å²) >= 11 is 6.14. The van der Waals surface area contributed by atoms with Crippen LogP contribution in [0.5, 0.6) is 0 Å². The van der Waals surface area contributed by atoms with Gasteiger partial charge in [-0.3, -0.25) is 4.79 Å². The molecular formula is C15H22ClN2O3S+. The zero-order chi connectivity index (χ0) is 16.4. The predicted octanol–water partition coefficient (Wildman–Crippen LogP) is 0.658. The SMILES string of the molecule is C[C@H]([NH2+]CC(=O)N[C@]1(C)CCS(=O)(=O)C1)c1ccccc1Cl. The normalized spacial score (nSPS) is 24.9. The van der Waals surface area contributed by atoms with Gasteiger partial charge >= 0.3 is 0 Å². The first-order valence-electron chi connectivity index (χ1n) is 7.30. The molecule has 0 aliphatic carbocycles. The zero-order valence-electron chi connectivity index (χ0n) is 12.8. The van der Waals surface area contributed by atoms with Crippen molar-refractivity contribution in [2.24, 2.45) is 0 Å². The van der Waals surface area contributed by atoms with Crippen LogP contribution >= 0.6 is 11.6 Å². The quantitative estimate of drug-likeness (QED) is 0.822. The van der Waals surface area contributed by atoms with E-state index >= 15 is 0 Å². The maximum absolute atomic E-state index is 12.1. The molecule has 3 N–H and O–H groups in total. The number of nitrogens with one attached hydrogen (secondary N) is 1. The van der Waals surface area contributed by atoms with E-state index < -0.39 is 15.4 Å². The molecule has 0 unspecified atom stereocenters. The number of halogens is 1. The molecular weight excluding hydrogens is 324 g/mol. The van der Waals surface area contributed by atoms with Gasteiger partial charge in [-0.2, -0.15) is 0 Å². The Balaban J connectivity index is 1.87. The minimum atomic E-state index is -3.02. The first-order valence-corrected chi connectivity index (χ1v) is 9.50. The number of nitrogens with two attached hydrogens (primary N) is 1. The Kier molecular flexibility index (Phi) is 5.14. The first-order chi connectivity index (χ1) is 10.2. The molecule has 1 aromatic carbocycles. The van der Waals surface area contributed by atoms with Crippen molar-refractivity contribution in [3.05, 3.63) is 34.9 Å². The van der Waals surface area contributed by atoms with Crippen LogP contribution in [0.4, 0.5) is 0 Å². The van der Waals surface area contributed by atoms with Crippen LogP contribution in [-0.2, 0) is 14.6 Å². The number of hydrogen-bond acceptors (Lipinski definition) is 3. The molecule has 2 rings (SSSR count). The lowest BCUT2D eigenvalue weighted by atomic mass is 10.0. The highest BCUT2D eigenvalue weighted by Gasteiger charge is 2.39. The van der Waals surface area contributed by atoms with Crippen molar-refractivity contribution >= 4 is 27.3 Å². The summed E-state index contributed by atoms with van der Waals surface area (Å²) in [7, 11) is -3.02. The average Bonchev–Trinajstić information content (AvgIpc) is 2.70. The summed E-state index contributed by atoms with van der Waals surface area (Å²) in [5.74, 6) is 0.00787. The zero-order valence-corrected chi connectivity index (χ0v) is 14.4. The average molecular weight is 346 g/mol. The third kappa shape index (κ3) is 4.44. The lowest BCUT2D eigenvalue weighted by molar-refractivity contribution is -0.682. The van der Waals surface area contributed by atoms with Crippen molar-refractivity contribution in [2.45, 2.75) is 31.8 Å². The largest absolute Gasteiger partial charge is 0.345 e. The van der Waals surface area contributed by atoms with Gasteiger partial charge < -0.3 is 10.6 Å². The molecule has 7 heteroatoms. The van der Waals surface area contributed by atoms with Crippen LogP contribution in [0.3, 0.4) is 0 Å². The van der Waals surface area contributed by atoms with E-state index in [1.807, 2.05) is 36.5 Å². The van der Waals surface area contributed by atoms with E-state index in [0.29, 0.717) is 11.4 Å². The molecule has 1 aliphatic heterocycles. The van der Waals surface area contributed by atoms with Gasteiger partial charge in [-0.05, 0) is 26.3 Å². The van der Waals surface area contributed by atoms with Gasteiger partial charge in [0, 0.05) is 10.6 Å². The Labute approximate surface area is 136 Å². The van der Waals surface area contributed by atoms with Gasteiger partial charge in [-0.25, -0.2) is 8.42 Å². The first kappa shape index (κ1) is 17.2. The number of amides is 1. The standard InChI is InChI=1S/C15H21ClN2O3S/c1-11(12-5-3-4-6-13(12)16)17-9-14(19)18-15(2)7-8-22(20,21)10-15/h3-6,11,17H,7-10H2,1-2H3,(H,18,19)/p+1/t11-,15+/m0/s1. The molecule has 1 amide bonds. The van der Waals surface area contributed by atoms with E-state index in [4.69, 9.17) is 11.6 Å². The molecule has 2 atom stereocenters. The minimum Gasteiger partial charge on any atom is -0.345 e. The van der Waals surface area contributed by atoms with Crippen LogP contribution in [0, 0.1) is 0 Å². The fourth-order valence-electron chi connectivity index (χ4n) is 2.75. The molecule has 0 aromatic heterocycles. The lowest BCUT2D eigenvalue weighted by Gasteiger charge is -2.23.